The van der Waals surface area contributed by atoms with Crippen LogP contribution in [0.3, 0.4) is 0 Å². The molecule has 0 amide bonds. The largest absolute Gasteiger partial charge is 0.502 e. The summed E-state index contributed by atoms with van der Waals surface area (Å²) in [5.41, 5.74) is 4.01. The van der Waals surface area contributed by atoms with Gasteiger partial charge in [0.1, 0.15) is 0 Å². The van der Waals surface area contributed by atoms with Gasteiger partial charge in [-0.3, -0.25) is 0 Å². The van der Waals surface area contributed by atoms with E-state index in [0.717, 1.165) is 16.8 Å². The molecule has 3 aromatic rings. The van der Waals surface area contributed by atoms with E-state index in [1.165, 1.54) is 0 Å². The van der Waals surface area contributed by atoms with Gasteiger partial charge in [-0.05, 0) is 43.2 Å². The van der Waals surface area contributed by atoms with Crippen molar-refractivity contribution < 1.29 is 9.67 Å². The number of hydrogen-bond donors (Lipinski definition) is 2. The summed E-state index contributed by atoms with van der Waals surface area (Å²) in [5.74, 6) is -0.00139. The number of para-hydroxylation sites is 1. The van der Waals surface area contributed by atoms with Crippen molar-refractivity contribution in [3.8, 4) is 0 Å². The van der Waals surface area contributed by atoms with E-state index in [1.807, 2.05) is 62.6 Å². The molecule has 142 valence electrons. The maximum atomic E-state index is 11.1. The molecule has 0 spiro atoms. The fraction of sp³-hybridized carbons (Fsp3) is 0.0909. The van der Waals surface area contributed by atoms with Gasteiger partial charge in [0, 0.05) is 23.4 Å². The number of benzene rings is 2. The first-order valence-corrected chi connectivity index (χ1v) is 9.78. The van der Waals surface area contributed by atoms with E-state index in [-0.39, 0.29) is 5.76 Å². The van der Waals surface area contributed by atoms with Crippen LogP contribution in [0.25, 0.3) is 11.5 Å². The topological polar surface area (TPSA) is 36.1 Å². The quantitative estimate of drug-likeness (QED) is 0.223. The van der Waals surface area contributed by atoms with Crippen molar-refractivity contribution in [2.75, 3.05) is 5.32 Å². The van der Waals surface area contributed by atoms with Crippen LogP contribution >= 0.6 is 35.4 Å². The average molecular weight is 430 g/mol. The molecule has 0 bridgehead atoms. The van der Waals surface area contributed by atoms with Gasteiger partial charge in [0.05, 0.1) is 10.0 Å². The van der Waals surface area contributed by atoms with Crippen molar-refractivity contribution in [3.63, 3.8) is 0 Å². The van der Waals surface area contributed by atoms with Gasteiger partial charge >= 0.3 is 0 Å². The Kier molecular flexibility index (Phi) is 6.35. The van der Waals surface area contributed by atoms with Crippen LogP contribution in [0, 0.1) is 13.8 Å². The van der Waals surface area contributed by atoms with Crippen molar-refractivity contribution in [1.82, 2.24) is 0 Å². The second kappa shape index (κ2) is 8.74. The van der Waals surface area contributed by atoms with Gasteiger partial charge in [0.2, 0.25) is 0 Å². The first-order valence-electron chi connectivity index (χ1n) is 8.61. The smallest absolute Gasteiger partial charge is 0.288 e. The normalized spacial score (nSPS) is 11.7. The summed E-state index contributed by atoms with van der Waals surface area (Å²) < 4.78 is 1.76. The molecule has 0 aliphatic carbocycles. The summed E-state index contributed by atoms with van der Waals surface area (Å²) in [7, 11) is 0. The van der Waals surface area contributed by atoms with Crippen molar-refractivity contribution in [2.45, 2.75) is 13.8 Å². The highest BCUT2D eigenvalue weighted by Crippen LogP contribution is 2.28. The maximum Gasteiger partial charge on any atom is 0.288 e. The second-order valence-corrected chi connectivity index (χ2v) is 7.55. The predicted molar refractivity (Wildman–Crippen MR) is 121 cm³/mol. The van der Waals surface area contributed by atoms with Gasteiger partial charge < -0.3 is 10.4 Å². The van der Waals surface area contributed by atoms with E-state index in [2.05, 4.69) is 5.32 Å². The first-order chi connectivity index (χ1) is 13.4. The molecule has 3 rings (SSSR count). The molecule has 28 heavy (non-hydrogen) atoms. The standard InChI is InChI=1S/C22H18Cl2N2OS/c1-14-7-6-8-15(2)19(14)25-22(28)20(26-11-4-3-5-12-26)21(27)16-9-10-17(23)18(24)13-16/h3-13H,1-2H3,(H-,25,27,28)/p+1. The second-order valence-electron chi connectivity index (χ2n) is 6.33. The first kappa shape index (κ1) is 20.3. The number of nitrogens with zero attached hydrogens (tertiary/aromatic N) is 1. The molecule has 0 saturated carbocycles. The lowest BCUT2D eigenvalue weighted by Crippen LogP contribution is -2.38. The van der Waals surface area contributed by atoms with Crippen LogP contribution in [-0.4, -0.2) is 10.1 Å². The molecular formula is C22H19Cl2N2OS+. The number of rotatable bonds is 4. The van der Waals surface area contributed by atoms with Crippen LogP contribution in [-0.2, 0) is 0 Å². The molecule has 0 aliphatic heterocycles. The highest BCUT2D eigenvalue weighted by atomic mass is 35.5. The van der Waals surface area contributed by atoms with E-state index in [9.17, 15) is 5.11 Å². The van der Waals surface area contributed by atoms with E-state index >= 15 is 0 Å². The molecule has 2 N–H and O–H groups in total. The fourth-order valence-corrected chi connectivity index (χ4v) is 3.46. The van der Waals surface area contributed by atoms with Crippen LogP contribution in [0.2, 0.25) is 10.0 Å². The molecule has 0 aliphatic rings. The minimum Gasteiger partial charge on any atom is -0.502 e. The van der Waals surface area contributed by atoms with Crippen molar-refractivity contribution in [2.24, 2.45) is 0 Å². The predicted octanol–water partition coefficient (Wildman–Crippen LogP) is 6.22. The SMILES string of the molecule is Cc1cccc(C)c1NC(=S)/C(=C(\O)c1ccc(Cl)c(Cl)c1)[n+]1ccccc1. The van der Waals surface area contributed by atoms with Crippen LogP contribution in [0.5, 0.6) is 0 Å². The third-order valence-electron chi connectivity index (χ3n) is 4.33. The number of halogens is 2. The Morgan fingerprint density at radius 2 is 1.57 bits per heavy atom. The number of hydrogen-bond acceptors (Lipinski definition) is 2. The number of aliphatic hydroxyl groups is 1. The molecule has 2 aromatic carbocycles. The molecule has 0 fully saturated rings. The third-order valence-corrected chi connectivity index (χ3v) is 5.36. The van der Waals surface area contributed by atoms with Gasteiger partial charge in [-0.1, -0.05) is 59.7 Å². The molecule has 1 aromatic heterocycles. The molecule has 1 heterocycles. The Morgan fingerprint density at radius 3 is 2.18 bits per heavy atom. The summed E-state index contributed by atoms with van der Waals surface area (Å²) in [5, 5.41) is 15.1. The van der Waals surface area contributed by atoms with Gasteiger partial charge in [0.25, 0.3) is 5.70 Å². The molecule has 3 nitrogen and oxygen atoms in total. The van der Waals surface area contributed by atoms with Crippen LogP contribution in [0.15, 0.2) is 67.0 Å². The summed E-state index contributed by atoms with van der Waals surface area (Å²) in [4.78, 5) is 0.386. The summed E-state index contributed by atoms with van der Waals surface area (Å²) >= 11 is 17.8. The number of pyridine rings is 1. The van der Waals surface area contributed by atoms with E-state index in [0.29, 0.717) is 26.3 Å². The molecule has 6 heteroatoms. The highest BCUT2D eigenvalue weighted by Gasteiger charge is 2.24. The third kappa shape index (κ3) is 4.36. The van der Waals surface area contributed by atoms with E-state index in [1.54, 1.807) is 22.8 Å². The number of aromatic nitrogens is 1. The van der Waals surface area contributed by atoms with Crippen LogP contribution in [0.1, 0.15) is 16.7 Å². The number of aryl methyl sites for hydroxylation is 2. The van der Waals surface area contributed by atoms with E-state index in [4.69, 9.17) is 35.4 Å². The molecule has 0 radical (unpaired) electrons. The summed E-state index contributed by atoms with van der Waals surface area (Å²) in [6.45, 7) is 4.02. The van der Waals surface area contributed by atoms with Crippen molar-refractivity contribution >= 4 is 57.6 Å². The summed E-state index contributed by atoms with van der Waals surface area (Å²) in [6, 6.07) is 16.6. The molecule has 0 unspecified atom stereocenters. The van der Waals surface area contributed by atoms with Crippen molar-refractivity contribution in [1.29, 1.82) is 0 Å². The minimum absolute atomic E-state index is 0.00139. The zero-order valence-corrected chi connectivity index (χ0v) is 17.7. The Labute approximate surface area is 179 Å². The minimum atomic E-state index is -0.00139. The number of aliphatic hydroxyl groups excluding tert-OH is 1. The lowest BCUT2D eigenvalue weighted by molar-refractivity contribution is -0.575. The number of nitrogens with one attached hydrogen (secondary N) is 1. The Balaban J connectivity index is 2.12. The Bertz CT molecular complexity index is 1050. The van der Waals surface area contributed by atoms with Gasteiger partial charge in [-0.15, -0.1) is 0 Å². The van der Waals surface area contributed by atoms with Crippen LogP contribution in [0.4, 0.5) is 5.69 Å². The lowest BCUT2D eigenvalue weighted by atomic mass is 10.1. The number of anilines is 1. The maximum absolute atomic E-state index is 11.1. The highest BCUT2D eigenvalue weighted by molar-refractivity contribution is 7.81. The molecular weight excluding hydrogens is 411 g/mol. The number of thiocarbonyl (C=S) groups is 1. The zero-order chi connectivity index (χ0) is 20.3. The van der Waals surface area contributed by atoms with Gasteiger partial charge in [-0.25, -0.2) is 0 Å². The Morgan fingerprint density at radius 1 is 0.929 bits per heavy atom. The monoisotopic (exact) mass is 429 g/mol. The molecule has 0 atom stereocenters. The zero-order valence-electron chi connectivity index (χ0n) is 15.4. The van der Waals surface area contributed by atoms with Gasteiger partial charge in [-0.2, -0.15) is 4.57 Å². The van der Waals surface area contributed by atoms with Crippen molar-refractivity contribution in [3.05, 3.63) is 93.7 Å². The fourth-order valence-electron chi connectivity index (χ4n) is 2.86. The van der Waals surface area contributed by atoms with E-state index < -0.39 is 0 Å². The van der Waals surface area contributed by atoms with Gasteiger partial charge in [0.15, 0.2) is 23.1 Å². The summed E-state index contributed by atoms with van der Waals surface area (Å²) in [6.07, 6.45) is 3.64. The van der Waals surface area contributed by atoms with Crippen LogP contribution < -0.4 is 9.88 Å². The average Bonchev–Trinajstić information content (AvgIpc) is 2.68. The molecule has 0 saturated heterocycles. The Hall–Kier alpha value is -2.40. The lowest BCUT2D eigenvalue weighted by Gasteiger charge is -2.14.